The van der Waals surface area contributed by atoms with Crippen molar-refractivity contribution >= 4 is 23.2 Å². The van der Waals surface area contributed by atoms with E-state index >= 15 is 0 Å². The zero-order chi connectivity index (χ0) is 19.1. The van der Waals surface area contributed by atoms with Gasteiger partial charge in [-0.25, -0.2) is 0 Å². The molecule has 2 aromatic carbocycles. The molecule has 2 amide bonds. The van der Waals surface area contributed by atoms with Crippen LogP contribution in [0.1, 0.15) is 25.3 Å². The van der Waals surface area contributed by atoms with Gasteiger partial charge in [-0.3, -0.25) is 14.5 Å². The van der Waals surface area contributed by atoms with E-state index in [0.29, 0.717) is 13.1 Å². The SMILES string of the molecule is CCc1cccc(NC(=O)CN2CCCC(C(=O)Nc3ccccc3)C2)c1. The number of hydrogen-bond donors (Lipinski definition) is 2. The Morgan fingerprint density at radius 3 is 2.59 bits per heavy atom. The summed E-state index contributed by atoms with van der Waals surface area (Å²) in [5.74, 6) is -0.0931. The van der Waals surface area contributed by atoms with Crippen LogP contribution in [0.2, 0.25) is 0 Å². The molecular formula is C22H27N3O2. The Bertz CT molecular complexity index is 776. The molecule has 27 heavy (non-hydrogen) atoms. The van der Waals surface area contributed by atoms with Crippen LogP contribution in [0.5, 0.6) is 0 Å². The number of hydrogen-bond acceptors (Lipinski definition) is 3. The normalized spacial score (nSPS) is 17.3. The van der Waals surface area contributed by atoms with E-state index in [1.807, 2.05) is 48.5 Å². The highest BCUT2D eigenvalue weighted by atomic mass is 16.2. The second kappa shape index (κ2) is 9.33. The number of carbonyl (C=O) groups is 2. The molecule has 1 aliphatic rings. The topological polar surface area (TPSA) is 61.4 Å². The maximum absolute atomic E-state index is 12.5. The van der Waals surface area contributed by atoms with Crippen LogP contribution in [-0.4, -0.2) is 36.3 Å². The third kappa shape index (κ3) is 5.66. The molecule has 2 aromatic rings. The minimum atomic E-state index is -0.0878. The van der Waals surface area contributed by atoms with E-state index in [9.17, 15) is 9.59 Å². The van der Waals surface area contributed by atoms with E-state index in [1.54, 1.807) is 0 Å². The maximum atomic E-state index is 12.5. The largest absolute Gasteiger partial charge is 0.326 e. The van der Waals surface area contributed by atoms with Gasteiger partial charge in [0.15, 0.2) is 0 Å². The zero-order valence-corrected chi connectivity index (χ0v) is 15.8. The highest BCUT2D eigenvalue weighted by molar-refractivity contribution is 5.93. The van der Waals surface area contributed by atoms with Crippen molar-refractivity contribution in [1.29, 1.82) is 0 Å². The Morgan fingerprint density at radius 1 is 1.04 bits per heavy atom. The lowest BCUT2D eigenvalue weighted by Gasteiger charge is -2.31. The van der Waals surface area contributed by atoms with Crippen molar-refractivity contribution in [2.45, 2.75) is 26.2 Å². The van der Waals surface area contributed by atoms with Crippen LogP contribution in [0.25, 0.3) is 0 Å². The van der Waals surface area contributed by atoms with Gasteiger partial charge in [-0.05, 0) is 55.6 Å². The Morgan fingerprint density at radius 2 is 1.81 bits per heavy atom. The molecule has 0 bridgehead atoms. The molecule has 1 aliphatic heterocycles. The maximum Gasteiger partial charge on any atom is 0.238 e. The van der Waals surface area contributed by atoms with E-state index in [4.69, 9.17) is 0 Å². The second-order valence-electron chi connectivity index (χ2n) is 7.03. The number of aryl methyl sites for hydroxylation is 1. The molecule has 0 aromatic heterocycles. The summed E-state index contributed by atoms with van der Waals surface area (Å²) in [5.41, 5.74) is 2.84. The van der Waals surface area contributed by atoms with Gasteiger partial charge >= 0.3 is 0 Å². The van der Waals surface area contributed by atoms with Crippen molar-refractivity contribution in [2.24, 2.45) is 5.92 Å². The van der Waals surface area contributed by atoms with Gasteiger partial charge in [-0.15, -0.1) is 0 Å². The van der Waals surface area contributed by atoms with Gasteiger partial charge in [0.1, 0.15) is 0 Å². The molecule has 0 radical (unpaired) electrons. The molecule has 1 fully saturated rings. The average Bonchev–Trinajstić information content (AvgIpc) is 2.69. The van der Waals surface area contributed by atoms with Crippen molar-refractivity contribution in [3.63, 3.8) is 0 Å². The summed E-state index contributed by atoms with van der Waals surface area (Å²) in [7, 11) is 0. The van der Waals surface area contributed by atoms with Gasteiger partial charge in [0, 0.05) is 17.9 Å². The molecule has 5 heteroatoms. The summed E-state index contributed by atoms with van der Waals surface area (Å²) in [4.78, 5) is 27.0. The first-order valence-electron chi connectivity index (χ1n) is 9.61. The Hall–Kier alpha value is -2.66. The number of carbonyl (C=O) groups excluding carboxylic acids is 2. The molecule has 0 saturated carbocycles. The highest BCUT2D eigenvalue weighted by Gasteiger charge is 2.26. The van der Waals surface area contributed by atoms with Gasteiger partial charge in [0.05, 0.1) is 12.5 Å². The second-order valence-corrected chi connectivity index (χ2v) is 7.03. The van der Waals surface area contributed by atoms with Gasteiger partial charge in [0.2, 0.25) is 11.8 Å². The molecule has 5 nitrogen and oxygen atoms in total. The molecule has 1 unspecified atom stereocenters. The molecule has 1 atom stereocenters. The van der Waals surface area contributed by atoms with Gasteiger partial charge in [0.25, 0.3) is 0 Å². The fourth-order valence-electron chi connectivity index (χ4n) is 3.45. The zero-order valence-electron chi connectivity index (χ0n) is 15.8. The number of nitrogens with one attached hydrogen (secondary N) is 2. The quantitative estimate of drug-likeness (QED) is 0.823. The number of piperidine rings is 1. The van der Waals surface area contributed by atoms with Crippen molar-refractivity contribution in [1.82, 2.24) is 4.90 Å². The monoisotopic (exact) mass is 365 g/mol. The van der Waals surface area contributed by atoms with Crippen LogP contribution in [0.15, 0.2) is 54.6 Å². The van der Waals surface area contributed by atoms with Crippen LogP contribution in [-0.2, 0) is 16.0 Å². The van der Waals surface area contributed by atoms with Crippen molar-refractivity contribution in [3.05, 3.63) is 60.2 Å². The van der Waals surface area contributed by atoms with E-state index in [-0.39, 0.29) is 17.7 Å². The summed E-state index contributed by atoms with van der Waals surface area (Å²) in [6, 6.07) is 17.4. The fourth-order valence-corrected chi connectivity index (χ4v) is 3.45. The standard InChI is InChI=1S/C22H27N3O2/c1-2-17-8-6-12-20(14-17)23-21(26)16-25-13-7-9-18(15-25)22(27)24-19-10-4-3-5-11-19/h3-6,8,10-12,14,18H,2,7,9,13,15-16H2,1H3,(H,23,26)(H,24,27). The highest BCUT2D eigenvalue weighted by Crippen LogP contribution is 2.19. The van der Waals surface area contributed by atoms with Crippen molar-refractivity contribution in [2.75, 3.05) is 30.3 Å². The minimum absolute atomic E-state index is 0.0296. The molecule has 3 rings (SSSR count). The Balaban J connectivity index is 1.51. The smallest absolute Gasteiger partial charge is 0.238 e. The third-order valence-corrected chi connectivity index (χ3v) is 4.90. The summed E-state index contributed by atoms with van der Waals surface area (Å²) in [5, 5.41) is 5.94. The van der Waals surface area contributed by atoms with E-state index < -0.39 is 0 Å². The lowest BCUT2D eigenvalue weighted by molar-refractivity contribution is -0.123. The molecule has 0 aliphatic carbocycles. The van der Waals surface area contributed by atoms with E-state index in [2.05, 4.69) is 28.5 Å². The number of para-hydroxylation sites is 1. The first-order valence-corrected chi connectivity index (χ1v) is 9.61. The predicted molar refractivity (Wildman–Crippen MR) is 109 cm³/mol. The first-order chi connectivity index (χ1) is 13.1. The van der Waals surface area contributed by atoms with Gasteiger partial charge in [-0.1, -0.05) is 37.3 Å². The number of likely N-dealkylation sites (tertiary alicyclic amines) is 1. The van der Waals surface area contributed by atoms with E-state index in [1.165, 1.54) is 5.56 Å². The number of benzene rings is 2. The number of nitrogens with zero attached hydrogens (tertiary/aromatic N) is 1. The van der Waals surface area contributed by atoms with Crippen LogP contribution >= 0.6 is 0 Å². The van der Waals surface area contributed by atoms with Crippen molar-refractivity contribution < 1.29 is 9.59 Å². The van der Waals surface area contributed by atoms with Gasteiger partial charge in [-0.2, -0.15) is 0 Å². The van der Waals surface area contributed by atoms with Gasteiger partial charge < -0.3 is 10.6 Å². The van der Waals surface area contributed by atoms with Crippen LogP contribution < -0.4 is 10.6 Å². The van der Waals surface area contributed by atoms with Crippen LogP contribution in [0, 0.1) is 5.92 Å². The molecular weight excluding hydrogens is 338 g/mol. The van der Waals surface area contributed by atoms with Crippen LogP contribution in [0.3, 0.4) is 0 Å². The van der Waals surface area contributed by atoms with Crippen molar-refractivity contribution in [3.8, 4) is 0 Å². The molecule has 1 heterocycles. The lowest BCUT2D eigenvalue weighted by Crippen LogP contribution is -2.43. The fraction of sp³-hybridized carbons (Fsp3) is 0.364. The number of anilines is 2. The summed E-state index contributed by atoms with van der Waals surface area (Å²) >= 11 is 0. The summed E-state index contributed by atoms with van der Waals surface area (Å²) < 4.78 is 0. The minimum Gasteiger partial charge on any atom is -0.326 e. The summed E-state index contributed by atoms with van der Waals surface area (Å²) in [6.45, 7) is 3.86. The summed E-state index contributed by atoms with van der Waals surface area (Å²) in [6.07, 6.45) is 2.72. The number of amides is 2. The third-order valence-electron chi connectivity index (χ3n) is 4.90. The van der Waals surface area contributed by atoms with Crippen LogP contribution in [0.4, 0.5) is 11.4 Å². The Kier molecular flexibility index (Phi) is 6.60. The Labute approximate surface area is 160 Å². The molecule has 0 spiro atoms. The van der Waals surface area contributed by atoms with E-state index in [0.717, 1.165) is 37.2 Å². The predicted octanol–water partition coefficient (Wildman–Crippen LogP) is 3.54. The molecule has 142 valence electrons. The lowest BCUT2D eigenvalue weighted by atomic mass is 9.97. The molecule has 1 saturated heterocycles. The first kappa shape index (κ1) is 19.1. The number of rotatable bonds is 6. The molecule has 2 N–H and O–H groups in total. The average molecular weight is 365 g/mol.